The first kappa shape index (κ1) is 17.4. The minimum absolute atomic E-state index is 0.248. The highest BCUT2D eigenvalue weighted by atomic mass is 31.2. The summed E-state index contributed by atoms with van der Waals surface area (Å²) in [6.45, 7) is 0. The zero-order valence-electron chi connectivity index (χ0n) is 13.3. The normalized spacial score (nSPS) is 14.8. The smallest absolute Gasteiger partial charge is 0.338 e. The second-order valence-electron chi connectivity index (χ2n) is 5.67. The Morgan fingerprint density at radius 3 is 2.32 bits per heavy atom. The summed E-state index contributed by atoms with van der Waals surface area (Å²) in [5, 5.41) is 11.1. The third-order valence-electron chi connectivity index (χ3n) is 3.83. The largest absolute Gasteiger partial charge is 0.479 e. The van der Waals surface area contributed by atoms with Crippen LogP contribution in [0.1, 0.15) is 17.2 Å². The molecule has 2 atom stereocenters. The lowest BCUT2D eigenvalue weighted by molar-refractivity contribution is -0.145. The van der Waals surface area contributed by atoms with Crippen LogP contribution in [0.25, 0.3) is 10.8 Å². The van der Waals surface area contributed by atoms with Crippen molar-refractivity contribution in [2.45, 2.75) is 12.3 Å². The van der Waals surface area contributed by atoms with Gasteiger partial charge < -0.3 is 10.00 Å². The molecule has 2 unspecified atom stereocenters. The molecule has 0 aliphatic carbocycles. The molecule has 0 fully saturated rings. The first-order valence-electron chi connectivity index (χ1n) is 7.71. The Balaban J connectivity index is 1.93. The molecule has 25 heavy (non-hydrogen) atoms. The van der Waals surface area contributed by atoms with Crippen LogP contribution in [0.5, 0.6) is 0 Å². The van der Waals surface area contributed by atoms with Crippen molar-refractivity contribution in [1.29, 1.82) is 0 Å². The van der Waals surface area contributed by atoms with Gasteiger partial charge in [-0.3, -0.25) is 9.09 Å². The van der Waals surface area contributed by atoms with Crippen molar-refractivity contribution >= 4 is 24.3 Å². The monoisotopic (exact) mass is 356 g/mol. The molecular weight excluding hydrogens is 339 g/mol. The molecule has 0 heterocycles. The molecule has 6 heteroatoms. The Morgan fingerprint density at radius 2 is 1.60 bits per heavy atom. The standard InChI is InChI=1S/C19H17O5P/c20-19(21)18(17-12-6-10-15-9-4-5-11-16(15)17)24-25(22,23)13-14-7-2-1-3-8-14/h1-12,18H,13H2,(H,20,21)(H,22,23). The van der Waals surface area contributed by atoms with Gasteiger partial charge in [0.1, 0.15) is 0 Å². The lowest BCUT2D eigenvalue weighted by atomic mass is 10.0. The van der Waals surface area contributed by atoms with Crippen molar-refractivity contribution in [3.63, 3.8) is 0 Å². The minimum Gasteiger partial charge on any atom is -0.479 e. The maximum atomic E-state index is 12.5. The number of fused-ring (bicyclic) bond motifs is 1. The number of benzene rings is 3. The first-order chi connectivity index (χ1) is 12.0. The SMILES string of the molecule is O=C(O)C(OP(=O)(O)Cc1ccccc1)c1cccc2ccccc12. The first-order valence-corrected chi connectivity index (χ1v) is 9.47. The predicted molar refractivity (Wildman–Crippen MR) is 95.4 cm³/mol. The van der Waals surface area contributed by atoms with Crippen LogP contribution >= 0.6 is 7.60 Å². The molecule has 3 rings (SSSR count). The van der Waals surface area contributed by atoms with E-state index < -0.39 is 19.7 Å². The van der Waals surface area contributed by atoms with Gasteiger partial charge in [0.2, 0.25) is 0 Å². The molecule has 0 saturated heterocycles. The average Bonchev–Trinajstić information content (AvgIpc) is 2.59. The summed E-state index contributed by atoms with van der Waals surface area (Å²) in [5.41, 5.74) is 0.961. The van der Waals surface area contributed by atoms with E-state index in [9.17, 15) is 19.4 Å². The highest BCUT2D eigenvalue weighted by Crippen LogP contribution is 2.50. The number of hydrogen-bond acceptors (Lipinski definition) is 3. The second-order valence-corrected chi connectivity index (χ2v) is 7.48. The van der Waals surface area contributed by atoms with Gasteiger partial charge in [0, 0.05) is 5.56 Å². The Morgan fingerprint density at radius 1 is 0.960 bits per heavy atom. The van der Waals surface area contributed by atoms with E-state index in [1.165, 1.54) is 0 Å². The van der Waals surface area contributed by atoms with E-state index in [0.29, 0.717) is 16.5 Å². The number of carbonyl (C=O) groups is 1. The molecule has 0 aliphatic rings. The number of rotatable bonds is 6. The summed E-state index contributed by atoms with van der Waals surface area (Å²) < 4.78 is 17.7. The van der Waals surface area contributed by atoms with E-state index in [2.05, 4.69) is 0 Å². The van der Waals surface area contributed by atoms with Crippen LogP contribution in [0.15, 0.2) is 72.8 Å². The van der Waals surface area contributed by atoms with Gasteiger partial charge >= 0.3 is 13.6 Å². The van der Waals surface area contributed by atoms with Crippen LogP contribution in [-0.4, -0.2) is 16.0 Å². The van der Waals surface area contributed by atoms with E-state index in [0.717, 1.165) is 5.39 Å². The predicted octanol–water partition coefficient (Wildman–Crippen LogP) is 4.37. The number of carboxylic acid groups (broad SMARTS) is 1. The summed E-state index contributed by atoms with van der Waals surface area (Å²) in [5.74, 6) is -1.31. The molecule has 0 radical (unpaired) electrons. The molecule has 0 amide bonds. The Kier molecular flexibility index (Phi) is 5.00. The van der Waals surface area contributed by atoms with Crippen LogP contribution in [0, 0.1) is 0 Å². The van der Waals surface area contributed by atoms with Crippen molar-refractivity contribution in [3.8, 4) is 0 Å². The maximum Gasteiger partial charge on any atom is 0.338 e. The fraction of sp³-hybridized carbons (Fsp3) is 0.105. The van der Waals surface area contributed by atoms with E-state index in [1.54, 1.807) is 54.6 Å². The van der Waals surface area contributed by atoms with Crippen LogP contribution in [0.3, 0.4) is 0 Å². The van der Waals surface area contributed by atoms with Gasteiger partial charge in [-0.05, 0) is 16.3 Å². The van der Waals surface area contributed by atoms with Gasteiger partial charge in [0.15, 0.2) is 6.10 Å². The average molecular weight is 356 g/mol. The molecule has 0 aromatic heterocycles. The summed E-state index contributed by atoms with van der Waals surface area (Å²) >= 11 is 0. The van der Waals surface area contributed by atoms with Gasteiger partial charge in [-0.1, -0.05) is 72.8 Å². The minimum atomic E-state index is -4.15. The molecule has 3 aromatic carbocycles. The lowest BCUT2D eigenvalue weighted by Gasteiger charge is -2.20. The highest BCUT2D eigenvalue weighted by Gasteiger charge is 2.32. The summed E-state index contributed by atoms with van der Waals surface area (Å²) in [7, 11) is -4.15. The maximum absolute atomic E-state index is 12.5. The Hall–Kier alpha value is -2.46. The quantitative estimate of drug-likeness (QED) is 0.641. The van der Waals surface area contributed by atoms with E-state index in [1.807, 2.05) is 18.2 Å². The van der Waals surface area contributed by atoms with Crippen molar-refractivity contribution < 1.29 is 23.9 Å². The molecule has 2 N–H and O–H groups in total. The van der Waals surface area contributed by atoms with Crippen molar-refractivity contribution in [3.05, 3.63) is 83.9 Å². The van der Waals surface area contributed by atoms with Crippen molar-refractivity contribution in [2.24, 2.45) is 0 Å². The second kappa shape index (κ2) is 7.19. The van der Waals surface area contributed by atoms with Crippen LogP contribution < -0.4 is 0 Å². The molecule has 0 bridgehead atoms. The van der Waals surface area contributed by atoms with E-state index >= 15 is 0 Å². The van der Waals surface area contributed by atoms with Gasteiger partial charge in [0.05, 0.1) is 6.16 Å². The molecule has 3 aromatic rings. The third-order valence-corrected chi connectivity index (χ3v) is 5.13. The van der Waals surface area contributed by atoms with Gasteiger partial charge in [-0.15, -0.1) is 0 Å². The molecule has 5 nitrogen and oxygen atoms in total. The third kappa shape index (κ3) is 4.15. The van der Waals surface area contributed by atoms with E-state index in [-0.39, 0.29) is 6.16 Å². The molecule has 0 saturated carbocycles. The molecule has 0 aliphatic heterocycles. The van der Waals surface area contributed by atoms with Crippen LogP contribution in [0.2, 0.25) is 0 Å². The lowest BCUT2D eigenvalue weighted by Crippen LogP contribution is -2.15. The number of hydrogen-bond donors (Lipinski definition) is 2. The van der Waals surface area contributed by atoms with Crippen molar-refractivity contribution in [1.82, 2.24) is 0 Å². The summed E-state index contributed by atoms with van der Waals surface area (Å²) in [6.07, 6.45) is -1.77. The summed E-state index contributed by atoms with van der Waals surface area (Å²) in [4.78, 5) is 21.9. The Bertz CT molecular complexity index is 933. The van der Waals surface area contributed by atoms with Gasteiger partial charge in [0.25, 0.3) is 0 Å². The number of carboxylic acids is 1. The molecule has 128 valence electrons. The topological polar surface area (TPSA) is 83.8 Å². The van der Waals surface area contributed by atoms with Crippen LogP contribution in [-0.2, 0) is 20.0 Å². The fourth-order valence-electron chi connectivity index (χ4n) is 2.73. The molecule has 0 spiro atoms. The molecular formula is C19H17O5P. The Labute approximate surface area is 145 Å². The fourth-order valence-corrected chi connectivity index (χ4v) is 4.01. The number of aliphatic carboxylic acids is 1. The van der Waals surface area contributed by atoms with Crippen LogP contribution in [0.4, 0.5) is 0 Å². The highest BCUT2D eigenvalue weighted by molar-refractivity contribution is 7.52. The zero-order valence-corrected chi connectivity index (χ0v) is 14.2. The zero-order chi connectivity index (χ0) is 17.9. The van der Waals surface area contributed by atoms with E-state index in [4.69, 9.17) is 4.52 Å². The van der Waals surface area contributed by atoms with Crippen molar-refractivity contribution in [2.75, 3.05) is 0 Å². The van der Waals surface area contributed by atoms with Gasteiger partial charge in [-0.25, -0.2) is 4.79 Å². The van der Waals surface area contributed by atoms with Gasteiger partial charge in [-0.2, -0.15) is 0 Å². The summed E-state index contributed by atoms with van der Waals surface area (Å²) in [6, 6.07) is 21.1.